The fourth-order valence-electron chi connectivity index (χ4n) is 8.57. The Bertz CT molecular complexity index is 1690. The van der Waals surface area contributed by atoms with Crippen LogP contribution in [0.5, 0.6) is 0 Å². The predicted octanol–water partition coefficient (Wildman–Crippen LogP) is 5.54. The molecule has 8 nitrogen and oxygen atoms in total. The van der Waals surface area contributed by atoms with Crippen LogP contribution in [0, 0.1) is 25.7 Å². The fraction of sp³-hybridized carbons (Fsp3) is 0.375. The van der Waals surface area contributed by atoms with Gasteiger partial charge in [-0.15, -0.1) is 13.2 Å². The zero-order valence-electron chi connectivity index (χ0n) is 28.0. The molecule has 3 amide bonds. The van der Waals surface area contributed by atoms with Gasteiger partial charge in [-0.3, -0.25) is 14.4 Å². The van der Waals surface area contributed by atoms with E-state index in [0.717, 1.165) is 22.4 Å². The number of aryl methyl sites for hydroxylation is 2. The maximum atomic E-state index is 15.2. The SMILES string of the molecule is C=CCN(Cc1ccccc1)C(=O)[C@@H]1[C@H]2C(=O)N([C@H](CO)c3ccccc3)C(C(=O)N(CC=C)c3c(C)cccc3C)C23CC[C@@]1(C)O3. The summed E-state index contributed by atoms with van der Waals surface area (Å²) in [5.74, 6) is -2.61. The lowest BCUT2D eigenvalue weighted by molar-refractivity contribution is -0.152. The summed E-state index contributed by atoms with van der Waals surface area (Å²) in [5, 5.41) is 10.9. The van der Waals surface area contributed by atoms with Gasteiger partial charge in [0.15, 0.2) is 0 Å². The molecule has 3 heterocycles. The smallest absolute Gasteiger partial charge is 0.253 e. The van der Waals surface area contributed by atoms with Crippen LogP contribution in [-0.4, -0.2) is 69.6 Å². The number of carbonyl (C=O) groups is 3. The number of amides is 3. The topological polar surface area (TPSA) is 90.4 Å². The highest BCUT2D eigenvalue weighted by atomic mass is 16.5. The summed E-state index contributed by atoms with van der Waals surface area (Å²) in [6.07, 6.45) is 4.31. The first-order chi connectivity index (χ1) is 23.1. The van der Waals surface area contributed by atoms with Crippen molar-refractivity contribution >= 4 is 23.4 Å². The minimum Gasteiger partial charge on any atom is -0.394 e. The maximum absolute atomic E-state index is 15.2. The lowest BCUT2D eigenvalue weighted by Gasteiger charge is -2.40. The summed E-state index contributed by atoms with van der Waals surface area (Å²) in [6.45, 7) is 14.1. The zero-order chi connectivity index (χ0) is 34.2. The first-order valence-corrected chi connectivity index (χ1v) is 16.7. The second kappa shape index (κ2) is 13.2. The highest BCUT2D eigenvalue weighted by Gasteiger charge is 2.79. The summed E-state index contributed by atoms with van der Waals surface area (Å²) in [7, 11) is 0. The van der Waals surface area contributed by atoms with E-state index < -0.39 is 41.7 Å². The highest BCUT2D eigenvalue weighted by Crippen LogP contribution is 2.64. The van der Waals surface area contributed by atoms with E-state index in [1.807, 2.05) is 99.6 Å². The molecule has 3 aromatic carbocycles. The van der Waals surface area contributed by atoms with Crippen LogP contribution in [0.3, 0.4) is 0 Å². The Labute approximate surface area is 283 Å². The monoisotopic (exact) mass is 647 g/mol. The summed E-state index contributed by atoms with van der Waals surface area (Å²) in [6, 6.07) is 22.9. The molecule has 250 valence electrons. The maximum Gasteiger partial charge on any atom is 0.253 e. The fourth-order valence-corrected chi connectivity index (χ4v) is 8.57. The molecule has 0 saturated carbocycles. The number of anilines is 1. The molecule has 0 aromatic heterocycles. The van der Waals surface area contributed by atoms with Gasteiger partial charge in [0.1, 0.15) is 11.6 Å². The second-order valence-corrected chi connectivity index (χ2v) is 13.6. The van der Waals surface area contributed by atoms with E-state index in [-0.39, 0.29) is 24.3 Å². The van der Waals surface area contributed by atoms with Gasteiger partial charge >= 0.3 is 0 Å². The van der Waals surface area contributed by atoms with Crippen LogP contribution in [0.1, 0.15) is 48.1 Å². The first kappa shape index (κ1) is 33.4. The number of likely N-dealkylation sites (tertiary alicyclic amines) is 1. The van der Waals surface area contributed by atoms with E-state index in [0.29, 0.717) is 31.5 Å². The number of ether oxygens (including phenoxy) is 1. The molecule has 6 rings (SSSR count). The van der Waals surface area contributed by atoms with Crippen molar-refractivity contribution in [2.24, 2.45) is 11.8 Å². The van der Waals surface area contributed by atoms with E-state index in [2.05, 4.69) is 13.2 Å². The van der Waals surface area contributed by atoms with Crippen LogP contribution in [0.4, 0.5) is 5.69 Å². The molecule has 3 saturated heterocycles. The summed E-state index contributed by atoms with van der Waals surface area (Å²) >= 11 is 0. The Kier molecular flexibility index (Phi) is 9.16. The highest BCUT2D eigenvalue weighted by molar-refractivity contribution is 6.06. The lowest BCUT2D eigenvalue weighted by Crippen LogP contribution is -2.57. The average Bonchev–Trinajstić information content (AvgIpc) is 3.65. The Balaban J connectivity index is 1.49. The van der Waals surface area contributed by atoms with Crippen LogP contribution in [0.25, 0.3) is 0 Å². The summed E-state index contributed by atoms with van der Waals surface area (Å²) < 4.78 is 6.98. The minimum atomic E-state index is -1.27. The molecule has 48 heavy (non-hydrogen) atoms. The van der Waals surface area contributed by atoms with Gasteiger partial charge in [-0.05, 0) is 55.9 Å². The number of rotatable bonds is 12. The van der Waals surface area contributed by atoms with E-state index in [1.54, 1.807) is 22.0 Å². The quantitative estimate of drug-likeness (QED) is 0.261. The molecule has 1 spiro atoms. The Morgan fingerprint density at radius 1 is 0.938 bits per heavy atom. The van der Waals surface area contributed by atoms with Crippen LogP contribution in [-0.2, 0) is 25.7 Å². The number of carbonyl (C=O) groups excluding carboxylic acids is 3. The Hall–Kier alpha value is -4.53. The van der Waals surface area contributed by atoms with Crippen LogP contribution in [0.15, 0.2) is 104 Å². The number of aliphatic hydroxyl groups excluding tert-OH is 1. The van der Waals surface area contributed by atoms with Crippen molar-refractivity contribution in [2.45, 2.75) is 63.4 Å². The van der Waals surface area contributed by atoms with Crippen LogP contribution >= 0.6 is 0 Å². The molecule has 3 aliphatic rings. The number of benzene rings is 3. The number of hydrogen-bond donors (Lipinski definition) is 1. The van der Waals surface area contributed by atoms with Gasteiger partial charge < -0.3 is 24.5 Å². The third-order valence-electron chi connectivity index (χ3n) is 10.6. The molecular formula is C40H45N3O5. The van der Waals surface area contributed by atoms with Crippen molar-refractivity contribution in [1.29, 1.82) is 0 Å². The van der Waals surface area contributed by atoms with Crippen LogP contribution in [0.2, 0.25) is 0 Å². The largest absolute Gasteiger partial charge is 0.394 e. The third-order valence-corrected chi connectivity index (χ3v) is 10.6. The molecule has 3 aliphatic heterocycles. The van der Waals surface area contributed by atoms with Gasteiger partial charge in [-0.25, -0.2) is 0 Å². The van der Waals surface area contributed by atoms with Gasteiger partial charge in [0.25, 0.3) is 5.91 Å². The van der Waals surface area contributed by atoms with Crippen molar-refractivity contribution in [3.63, 3.8) is 0 Å². The van der Waals surface area contributed by atoms with Gasteiger partial charge in [-0.1, -0.05) is 91.0 Å². The predicted molar refractivity (Wildman–Crippen MR) is 186 cm³/mol. The average molecular weight is 648 g/mol. The van der Waals surface area contributed by atoms with Gasteiger partial charge in [0.2, 0.25) is 11.8 Å². The molecule has 3 fully saturated rings. The van der Waals surface area contributed by atoms with Gasteiger partial charge in [-0.2, -0.15) is 0 Å². The van der Waals surface area contributed by atoms with E-state index in [1.165, 1.54) is 4.90 Å². The van der Waals surface area contributed by atoms with E-state index in [9.17, 15) is 9.90 Å². The number of fused-ring (bicyclic) bond motifs is 1. The van der Waals surface area contributed by atoms with Crippen LogP contribution < -0.4 is 4.90 Å². The van der Waals surface area contributed by atoms with E-state index in [4.69, 9.17) is 4.74 Å². The molecule has 2 unspecified atom stereocenters. The molecule has 6 atom stereocenters. The molecule has 1 N–H and O–H groups in total. The number of para-hydroxylation sites is 1. The Morgan fingerprint density at radius 3 is 2.17 bits per heavy atom. The van der Waals surface area contributed by atoms with Gasteiger partial charge in [0.05, 0.1) is 30.1 Å². The third kappa shape index (κ3) is 5.37. The van der Waals surface area contributed by atoms with Crippen molar-refractivity contribution in [3.8, 4) is 0 Å². The molecule has 2 bridgehead atoms. The zero-order valence-corrected chi connectivity index (χ0v) is 28.0. The number of aliphatic hydroxyl groups is 1. The van der Waals surface area contributed by atoms with E-state index >= 15 is 9.59 Å². The van der Waals surface area contributed by atoms with Gasteiger partial charge in [0, 0.05) is 25.3 Å². The second-order valence-electron chi connectivity index (χ2n) is 13.6. The molecular weight excluding hydrogens is 602 g/mol. The molecule has 0 aliphatic carbocycles. The molecule has 0 radical (unpaired) electrons. The van der Waals surface area contributed by atoms with Crippen molar-refractivity contribution in [3.05, 3.63) is 126 Å². The van der Waals surface area contributed by atoms with Crippen molar-refractivity contribution in [2.75, 3.05) is 24.6 Å². The van der Waals surface area contributed by atoms with Crippen molar-refractivity contribution < 1.29 is 24.2 Å². The summed E-state index contributed by atoms with van der Waals surface area (Å²) in [5.41, 5.74) is 2.01. The molecule has 8 heteroatoms. The number of nitrogens with zero attached hydrogens (tertiary/aromatic N) is 3. The first-order valence-electron chi connectivity index (χ1n) is 16.7. The Morgan fingerprint density at radius 2 is 1.56 bits per heavy atom. The lowest BCUT2D eigenvalue weighted by atomic mass is 9.66. The molecule has 3 aromatic rings. The standard InChI is InChI=1S/C40H45N3O5/c1-6-23-41(25-29-17-10-8-11-18-29)36(45)32-33-37(46)43(31(26-44)30-19-12-9-13-20-30)35(40(33)22-21-39(32,5)48-40)38(47)42(24-7-2)34-27(3)15-14-16-28(34)4/h6-20,31-33,35,44H,1-2,21-26H2,3-5H3/t31-,32+,33+,35?,39-,40?/m1/s1. The minimum absolute atomic E-state index is 0.202. The number of hydrogen-bond acceptors (Lipinski definition) is 5. The normalized spacial score (nSPS) is 26.2. The summed E-state index contributed by atoms with van der Waals surface area (Å²) in [4.78, 5) is 50.0. The van der Waals surface area contributed by atoms with Crippen molar-refractivity contribution in [1.82, 2.24) is 9.80 Å².